The van der Waals surface area contributed by atoms with Crippen molar-refractivity contribution in [1.29, 1.82) is 0 Å². The summed E-state index contributed by atoms with van der Waals surface area (Å²) >= 11 is 0. The first kappa shape index (κ1) is 14.4. The van der Waals surface area contributed by atoms with Crippen LogP contribution in [0, 0.1) is 17.0 Å². The van der Waals surface area contributed by atoms with E-state index in [0.29, 0.717) is 22.5 Å². The van der Waals surface area contributed by atoms with Crippen LogP contribution in [0.1, 0.15) is 28.5 Å². The van der Waals surface area contributed by atoms with Crippen LogP contribution in [-0.2, 0) is 0 Å². The minimum atomic E-state index is -0.441. The number of benzene rings is 1. The second-order valence-corrected chi connectivity index (χ2v) is 4.48. The number of H-pyrrole nitrogens is 1. The average Bonchev–Trinajstić information content (AvgIpc) is 2.98. The molecule has 0 bridgehead atoms. The summed E-state index contributed by atoms with van der Waals surface area (Å²) in [4.78, 5) is 24.9. The third-order valence-corrected chi connectivity index (χ3v) is 2.99. The highest BCUT2D eigenvalue weighted by molar-refractivity contribution is 6.01. The molecule has 0 saturated carbocycles. The van der Waals surface area contributed by atoms with E-state index in [-0.39, 0.29) is 11.6 Å². The lowest BCUT2D eigenvalue weighted by Gasteiger charge is -2.03. The molecule has 108 valence electrons. The van der Waals surface area contributed by atoms with Crippen molar-refractivity contribution < 1.29 is 9.72 Å². The van der Waals surface area contributed by atoms with Crippen LogP contribution < -0.4 is 5.43 Å². The van der Waals surface area contributed by atoms with Crippen LogP contribution in [0.5, 0.6) is 0 Å². The number of amides is 1. The molecule has 0 aliphatic carbocycles. The third kappa shape index (κ3) is 3.33. The molecule has 0 unspecified atom stereocenters. The maximum atomic E-state index is 11.7. The highest BCUT2D eigenvalue weighted by Crippen LogP contribution is 2.19. The maximum Gasteiger partial charge on any atom is 0.287 e. The minimum absolute atomic E-state index is 0.0257. The van der Waals surface area contributed by atoms with E-state index in [0.717, 1.165) is 0 Å². The van der Waals surface area contributed by atoms with Gasteiger partial charge in [-0.05, 0) is 26.0 Å². The van der Waals surface area contributed by atoms with Crippen molar-refractivity contribution in [2.45, 2.75) is 13.8 Å². The highest BCUT2D eigenvalue weighted by Gasteiger charge is 2.12. The van der Waals surface area contributed by atoms with Gasteiger partial charge in [-0.2, -0.15) is 5.10 Å². The highest BCUT2D eigenvalue weighted by atomic mass is 16.6. The fourth-order valence-electron chi connectivity index (χ4n) is 1.76. The number of hydrogen-bond donors (Lipinski definition) is 2. The van der Waals surface area contributed by atoms with Crippen LogP contribution in [0.2, 0.25) is 0 Å². The molecule has 0 saturated heterocycles. The molecule has 0 spiro atoms. The molecule has 21 heavy (non-hydrogen) atoms. The quantitative estimate of drug-likeness (QED) is 0.512. The summed E-state index contributed by atoms with van der Waals surface area (Å²) in [5.41, 5.74) is 4.45. The molecular formula is C14H14N4O3. The fraction of sp³-hybridized carbons (Fsp3) is 0.143. The average molecular weight is 286 g/mol. The van der Waals surface area contributed by atoms with E-state index in [2.05, 4.69) is 15.5 Å². The zero-order valence-corrected chi connectivity index (χ0v) is 11.6. The monoisotopic (exact) mass is 286 g/mol. The molecule has 0 aliphatic heterocycles. The van der Waals surface area contributed by atoms with Crippen LogP contribution in [0.3, 0.4) is 0 Å². The SMILES string of the molecule is C/C(=N/NC(=O)c1ccc[nH]1)c1ccc(C)c([N+](=O)[O-])c1. The molecule has 7 heteroatoms. The molecule has 0 aliphatic rings. The van der Waals surface area contributed by atoms with Crippen molar-refractivity contribution in [1.82, 2.24) is 10.4 Å². The summed E-state index contributed by atoms with van der Waals surface area (Å²) < 4.78 is 0. The number of hydrogen-bond acceptors (Lipinski definition) is 4. The number of nitrogens with zero attached hydrogens (tertiary/aromatic N) is 2. The molecule has 0 atom stereocenters. The first-order chi connectivity index (χ1) is 9.99. The van der Waals surface area contributed by atoms with E-state index < -0.39 is 4.92 Å². The van der Waals surface area contributed by atoms with Gasteiger partial charge in [-0.15, -0.1) is 0 Å². The van der Waals surface area contributed by atoms with Gasteiger partial charge in [0.1, 0.15) is 5.69 Å². The van der Waals surface area contributed by atoms with Gasteiger partial charge in [0.2, 0.25) is 0 Å². The first-order valence-corrected chi connectivity index (χ1v) is 6.22. The van der Waals surface area contributed by atoms with Crippen LogP contribution in [0.25, 0.3) is 0 Å². The van der Waals surface area contributed by atoms with Gasteiger partial charge in [0.25, 0.3) is 11.6 Å². The Balaban J connectivity index is 2.18. The molecular weight excluding hydrogens is 272 g/mol. The van der Waals surface area contributed by atoms with Gasteiger partial charge in [0.05, 0.1) is 10.6 Å². The summed E-state index contributed by atoms with van der Waals surface area (Å²) in [7, 11) is 0. The summed E-state index contributed by atoms with van der Waals surface area (Å²) in [6, 6.07) is 8.14. The Hall–Kier alpha value is -2.96. The molecule has 1 heterocycles. The topological polar surface area (TPSA) is 100 Å². The van der Waals surface area contributed by atoms with Gasteiger partial charge in [0.15, 0.2) is 0 Å². The lowest BCUT2D eigenvalue weighted by atomic mass is 10.1. The number of rotatable bonds is 4. The maximum absolute atomic E-state index is 11.7. The molecule has 7 nitrogen and oxygen atoms in total. The number of hydrazone groups is 1. The van der Waals surface area contributed by atoms with Gasteiger partial charge in [-0.3, -0.25) is 14.9 Å². The van der Waals surface area contributed by atoms with E-state index in [1.54, 1.807) is 44.3 Å². The van der Waals surface area contributed by atoms with Crippen LogP contribution in [-0.4, -0.2) is 21.5 Å². The number of carbonyl (C=O) groups is 1. The number of aromatic nitrogens is 1. The first-order valence-electron chi connectivity index (χ1n) is 6.22. The second kappa shape index (κ2) is 6.00. The van der Waals surface area contributed by atoms with Gasteiger partial charge in [-0.25, -0.2) is 5.43 Å². The van der Waals surface area contributed by atoms with Crippen LogP contribution in [0.4, 0.5) is 5.69 Å². The molecule has 2 aromatic rings. The van der Waals surface area contributed by atoms with Crippen molar-refractivity contribution in [2.75, 3.05) is 0 Å². The number of nitro benzene ring substituents is 1. The van der Waals surface area contributed by atoms with Crippen LogP contribution in [0.15, 0.2) is 41.6 Å². The van der Waals surface area contributed by atoms with Crippen molar-refractivity contribution in [3.8, 4) is 0 Å². The molecule has 1 aromatic carbocycles. The van der Waals surface area contributed by atoms with Crippen LogP contribution >= 0.6 is 0 Å². The van der Waals surface area contributed by atoms with Crippen molar-refractivity contribution in [3.63, 3.8) is 0 Å². The Labute approximate surface area is 120 Å². The molecule has 1 amide bonds. The number of nitro groups is 1. The zero-order valence-electron chi connectivity index (χ0n) is 11.6. The third-order valence-electron chi connectivity index (χ3n) is 2.99. The van der Waals surface area contributed by atoms with Gasteiger partial charge in [0, 0.05) is 23.4 Å². The van der Waals surface area contributed by atoms with E-state index >= 15 is 0 Å². The second-order valence-electron chi connectivity index (χ2n) is 4.48. The van der Waals surface area contributed by atoms with Crippen molar-refractivity contribution in [2.24, 2.45) is 5.10 Å². The van der Waals surface area contributed by atoms with Crippen molar-refractivity contribution >= 4 is 17.3 Å². The molecule has 0 fully saturated rings. The van der Waals surface area contributed by atoms with Crippen molar-refractivity contribution in [3.05, 3.63) is 63.5 Å². The Kier molecular flexibility index (Phi) is 4.13. The smallest absolute Gasteiger partial charge is 0.287 e. The summed E-state index contributed by atoms with van der Waals surface area (Å²) in [6.45, 7) is 3.34. The summed E-state index contributed by atoms with van der Waals surface area (Å²) in [5.74, 6) is -0.374. The standard InChI is InChI=1S/C14H14N4O3/c1-9-5-6-11(8-13(9)18(20)21)10(2)16-17-14(19)12-4-3-7-15-12/h3-8,15H,1-2H3,(H,17,19)/b16-10-. The number of carbonyl (C=O) groups excluding carboxylic acids is 1. The van der Waals surface area contributed by atoms with Gasteiger partial charge < -0.3 is 4.98 Å². The van der Waals surface area contributed by atoms with Gasteiger partial charge in [-0.1, -0.05) is 12.1 Å². The number of nitrogens with one attached hydrogen (secondary N) is 2. The Morgan fingerprint density at radius 1 is 1.38 bits per heavy atom. The predicted molar refractivity (Wildman–Crippen MR) is 78.3 cm³/mol. The Morgan fingerprint density at radius 3 is 2.76 bits per heavy atom. The number of aryl methyl sites for hydroxylation is 1. The number of aromatic amines is 1. The molecule has 2 rings (SSSR count). The lowest BCUT2D eigenvalue weighted by molar-refractivity contribution is -0.385. The lowest BCUT2D eigenvalue weighted by Crippen LogP contribution is -2.19. The fourth-order valence-corrected chi connectivity index (χ4v) is 1.76. The predicted octanol–water partition coefficient (Wildman–Crippen LogP) is 2.39. The van der Waals surface area contributed by atoms with E-state index in [4.69, 9.17) is 0 Å². The molecule has 1 aromatic heterocycles. The van der Waals surface area contributed by atoms with E-state index in [1.165, 1.54) is 6.07 Å². The summed E-state index contributed by atoms with van der Waals surface area (Å²) in [6.07, 6.45) is 1.63. The van der Waals surface area contributed by atoms with E-state index in [1.807, 2.05) is 0 Å². The van der Waals surface area contributed by atoms with E-state index in [9.17, 15) is 14.9 Å². The normalized spacial score (nSPS) is 11.2. The Morgan fingerprint density at radius 2 is 2.14 bits per heavy atom. The molecule has 0 radical (unpaired) electrons. The summed E-state index contributed by atoms with van der Waals surface area (Å²) in [5, 5.41) is 14.9. The largest absolute Gasteiger partial charge is 0.357 e. The zero-order chi connectivity index (χ0) is 15.4. The molecule has 2 N–H and O–H groups in total. The van der Waals surface area contributed by atoms with Gasteiger partial charge >= 0.3 is 0 Å². The minimum Gasteiger partial charge on any atom is -0.357 e. The Bertz CT molecular complexity index is 705.